The molecule has 0 aliphatic carbocycles. The summed E-state index contributed by atoms with van der Waals surface area (Å²) in [6, 6.07) is 2.01. The Balaban J connectivity index is 2.52. The zero-order valence-electron chi connectivity index (χ0n) is 7.41. The van der Waals surface area contributed by atoms with Crippen LogP contribution in [-0.4, -0.2) is 18.3 Å². The molecule has 0 radical (unpaired) electrons. The van der Waals surface area contributed by atoms with Crippen molar-refractivity contribution in [3.63, 3.8) is 0 Å². The van der Waals surface area contributed by atoms with Crippen molar-refractivity contribution in [3.05, 3.63) is 21.9 Å². The highest BCUT2D eigenvalue weighted by molar-refractivity contribution is 7.10. The van der Waals surface area contributed by atoms with Gasteiger partial charge in [-0.15, -0.1) is 11.3 Å². The number of rotatable bonds is 4. The largest absolute Gasteiger partial charge is 0.385 e. The minimum absolute atomic E-state index is 0.401. The van der Waals surface area contributed by atoms with E-state index in [-0.39, 0.29) is 0 Å². The average Bonchev–Trinajstić information content (AvgIpc) is 2.47. The molecule has 0 aliphatic rings. The van der Waals surface area contributed by atoms with Gasteiger partial charge in [0.2, 0.25) is 0 Å². The van der Waals surface area contributed by atoms with Crippen LogP contribution in [0.4, 0.5) is 0 Å². The number of thiophene rings is 1. The van der Waals surface area contributed by atoms with Crippen LogP contribution in [0.1, 0.15) is 23.5 Å². The molecule has 2 nitrogen and oxygen atoms in total. The van der Waals surface area contributed by atoms with Gasteiger partial charge in [0, 0.05) is 11.5 Å². The summed E-state index contributed by atoms with van der Waals surface area (Å²) < 4.78 is 5.13. The van der Waals surface area contributed by atoms with Crippen LogP contribution in [0.15, 0.2) is 11.4 Å². The number of hydrogen-bond acceptors (Lipinski definition) is 3. The maximum absolute atomic E-state index is 9.61. The Bertz CT molecular complexity index is 232. The Labute approximate surface area is 76.8 Å². The third kappa shape index (κ3) is 2.30. The van der Waals surface area contributed by atoms with Crippen LogP contribution in [-0.2, 0) is 4.74 Å². The van der Waals surface area contributed by atoms with E-state index in [0.717, 1.165) is 10.4 Å². The first-order chi connectivity index (χ1) is 5.75. The van der Waals surface area contributed by atoms with Gasteiger partial charge in [0.05, 0.1) is 6.61 Å². The molecule has 3 heteroatoms. The first-order valence-corrected chi connectivity index (χ1v) is 4.93. The third-order valence-corrected chi connectivity index (χ3v) is 2.80. The molecule has 1 N–H and O–H groups in total. The van der Waals surface area contributed by atoms with Crippen LogP contribution < -0.4 is 0 Å². The van der Waals surface area contributed by atoms with E-state index in [1.165, 1.54) is 0 Å². The fourth-order valence-electron chi connectivity index (χ4n) is 1.03. The first kappa shape index (κ1) is 9.71. The third-order valence-electron chi connectivity index (χ3n) is 1.68. The maximum atomic E-state index is 9.61. The highest BCUT2D eigenvalue weighted by atomic mass is 32.1. The van der Waals surface area contributed by atoms with Gasteiger partial charge in [0.1, 0.15) is 6.10 Å². The fourth-order valence-corrected chi connectivity index (χ4v) is 1.93. The molecule has 0 spiro atoms. The molecule has 0 aromatic carbocycles. The van der Waals surface area contributed by atoms with Gasteiger partial charge in [-0.1, -0.05) is 0 Å². The maximum Gasteiger partial charge on any atom is 0.112 e. The van der Waals surface area contributed by atoms with Crippen LogP contribution in [0.3, 0.4) is 0 Å². The summed E-state index contributed by atoms with van der Waals surface area (Å²) in [7, 11) is 0. The summed E-state index contributed by atoms with van der Waals surface area (Å²) in [4.78, 5) is 1.02. The molecular weight excluding hydrogens is 172 g/mol. The van der Waals surface area contributed by atoms with Crippen molar-refractivity contribution in [2.75, 3.05) is 13.2 Å². The summed E-state index contributed by atoms with van der Waals surface area (Å²) in [5.74, 6) is 0. The lowest BCUT2D eigenvalue weighted by Crippen LogP contribution is -2.06. The number of hydrogen-bond donors (Lipinski definition) is 1. The molecule has 1 rings (SSSR count). The van der Waals surface area contributed by atoms with Crippen molar-refractivity contribution in [2.45, 2.75) is 20.0 Å². The molecule has 68 valence electrons. The van der Waals surface area contributed by atoms with Crippen molar-refractivity contribution in [1.82, 2.24) is 0 Å². The lowest BCUT2D eigenvalue weighted by molar-refractivity contribution is 0.0436. The number of aryl methyl sites for hydroxylation is 1. The molecule has 1 unspecified atom stereocenters. The minimum atomic E-state index is -0.454. The predicted molar refractivity (Wildman–Crippen MR) is 50.5 cm³/mol. The smallest absolute Gasteiger partial charge is 0.112 e. The van der Waals surface area contributed by atoms with E-state index in [2.05, 4.69) is 0 Å². The van der Waals surface area contributed by atoms with Crippen molar-refractivity contribution in [3.8, 4) is 0 Å². The SMILES string of the molecule is CCOCC(O)c1sccc1C. The molecular formula is C9H14O2S. The van der Waals surface area contributed by atoms with Gasteiger partial charge in [-0.25, -0.2) is 0 Å². The molecule has 1 aromatic heterocycles. The lowest BCUT2D eigenvalue weighted by atomic mass is 10.2. The number of aliphatic hydroxyl groups is 1. The van der Waals surface area contributed by atoms with Gasteiger partial charge in [-0.3, -0.25) is 0 Å². The van der Waals surface area contributed by atoms with Gasteiger partial charge < -0.3 is 9.84 Å². The Kier molecular flexibility index (Phi) is 3.72. The first-order valence-electron chi connectivity index (χ1n) is 4.05. The molecule has 0 aliphatic heterocycles. The van der Waals surface area contributed by atoms with Gasteiger partial charge in [0.15, 0.2) is 0 Å². The van der Waals surface area contributed by atoms with Crippen molar-refractivity contribution in [1.29, 1.82) is 0 Å². The second-order valence-corrected chi connectivity index (χ2v) is 3.59. The second-order valence-electron chi connectivity index (χ2n) is 2.64. The summed E-state index contributed by atoms with van der Waals surface area (Å²) >= 11 is 1.58. The Morgan fingerprint density at radius 3 is 2.92 bits per heavy atom. The Morgan fingerprint density at radius 2 is 2.42 bits per heavy atom. The zero-order chi connectivity index (χ0) is 8.97. The van der Waals surface area contributed by atoms with Gasteiger partial charge in [0.25, 0.3) is 0 Å². The summed E-state index contributed by atoms with van der Waals surface area (Å²) in [6.07, 6.45) is -0.454. The van der Waals surface area contributed by atoms with Crippen LogP contribution >= 0.6 is 11.3 Å². The molecule has 0 fully saturated rings. The van der Waals surface area contributed by atoms with E-state index in [1.807, 2.05) is 25.3 Å². The van der Waals surface area contributed by atoms with E-state index in [4.69, 9.17) is 4.74 Å². The Morgan fingerprint density at radius 1 is 1.67 bits per heavy atom. The van der Waals surface area contributed by atoms with Crippen molar-refractivity contribution < 1.29 is 9.84 Å². The average molecular weight is 186 g/mol. The molecule has 12 heavy (non-hydrogen) atoms. The van der Waals surface area contributed by atoms with Crippen LogP contribution in [0.25, 0.3) is 0 Å². The second kappa shape index (κ2) is 4.60. The molecule has 1 aromatic rings. The predicted octanol–water partition coefficient (Wildman–Crippen LogP) is 2.13. The standard InChI is InChI=1S/C9H14O2S/c1-3-11-6-8(10)9-7(2)4-5-12-9/h4-5,8,10H,3,6H2,1-2H3. The van der Waals surface area contributed by atoms with Gasteiger partial charge in [-0.05, 0) is 30.9 Å². The lowest BCUT2D eigenvalue weighted by Gasteiger charge is -2.09. The number of aliphatic hydroxyl groups excluding tert-OH is 1. The van der Waals surface area contributed by atoms with E-state index >= 15 is 0 Å². The Hall–Kier alpha value is -0.380. The van der Waals surface area contributed by atoms with Crippen molar-refractivity contribution >= 4 is 11.3 Å². The van der Waals surface area contributed by atoms with E-state index < -0.39 is 6.10 Å². The fraction of sp³-hybridized carbons (Fsp3) is 0.556. The van der Waals surface area contributed by atoms with E-state index in [9.17, 15) is 5.11 Å². The molecule has 0 bridgehead atoms. The normalized spacial score (nSPS) is 13.2. The van der Waals surface area contributed by atoms with Crippen LogP contribution in [0, 0.1) is 6.92 Å². The van der Waals surface area contributed by atoms with E-state index in [0.29, 0.717) is 13.2 Å². The molecule has 1 heterocycles. The molecule has 0 saturated heterocycles. The van der Waals surface area contributed by atoms with Crippen molar-refractivity contribution in [2.24, 2.45) is 0 Å². The quantitative estimate of drug-likeness (QED) is 0.780. The van der Waals surface area contributed by atoms with Gasteiger partial charge >= 0.3 is 0 Å². The summed E-state index contributed by atoms with van der Waals surface area (Å²) in [5, 5.41) is 11.6. The van der Waals surface area contributed by atoms with Crippen LogP contribution in [0.2, 0.25) is 0 Å². The monoisotopic (exact) mass is 186 g/mol. The molecule has 0 saturated carbocycles. The van der Waals surface area contributed by atoms with E-state index in [1.54, 1.807) is 11.3 Å². The highest BCUT2D eigenvalue weighted by Crippen LogP contribution is 2.23. The molecule has 0 amide bonds. The summed E-state index contributed by atoms with van der Waals surface area (Å²) in [5.41, 5.74) is 1.15. The topological polar surface area (TPSA) is 29.5 Å². The van der Waals surface area contributed by atoms with Gasteiger partial charge in [-0.2, -0.15) is 0 Å². The number of ether oxygens (including phenoxy) is 1. The van der Waals surface area contributed by atoms with Crippen LogP contribution in [0.5, 0.6) is 0 Å². The zero-order valence-corrected chi connectivity index (χ0v) is 8.23. The summed E-state index contributed by atoms with van der Waals surface area (Å²) in [6.45, 7) is 4.98. The highest BCUT2D eigenvalue weighted by Gasteiger charge is 2.10. The minimum Gasteiger partial charge on any atom is -0.385 e. The molecule has 1 atom stereocenters.